The first-order valence-electron chi connectivity index (χ1n) is 7.08. The number of benzene rings is 1. The Kier molecular flexibility index (Phi) is 3.60. The number of nitrogens with one attached hydrogen (secondary N) is 1. The quantitative estimate of drug-likeness (QED) is 0.898. The first kappa shape index (κ1) is 12.4. The van der Waals surface area contributed by atoms with Gasteiger partial charge < -0.3 is 5.32 Å². The van der Waals surface area contributed by atoms with Crippen LogP contribution in [-0.2, 0) is 6.42 Å². The van der Waals surface area contributed by atoms with Gasteiger partial charge >= 0.3 is 0 Å². The molecule has 1 aliphatic carbocycles. The molecule has 2 heteroatoms. The average Bonchev–Trinajstić information content (AvgIpc) is 2.48. The maximum Gasteiger partial charge on any atom is 0.0328 e. The van der Waals surface area contributed by atoms with Crippen molar-refractivity contribution >= 4 is 0 Å². The molecule has 0 spiro atoms. The molecule has 0 saturated heterocycles. The van der Waals surface area contributed by atoms with Gasteiger partial charge in [-0.05, 0) is 48.9 Å². The van der Waals surface area contributed by atoms with Gasteiger partial charge in [-0.2, -0.15) is 0 Å². The number of pyridine rings is 1. The Balaban J connectivity index is 1.78. The smallest absolute Gasteiger partial charge is 0.0328 e. The van der Waals surface area contributed by atoms with Gasteiger partial charge in [0.2, 0.25) is 0 Å². The number of aromatic nitrogens is 1. The van der Waals surface area contributed by atoms with Crippen LogP contribution < -0.4 is 5.32 Å². The zero-order valence-corrected chi connectivity index (χ0v) is 11.3. The molecular weight excluding hydrogens is 232 g/mol. The highest BCUT2D eigenvalue weighted by Crippen LogP contribution is 2.31. The number of hydrogen-bond acceptors (Lipinski definition) is 2. The SMILES string of the molecule is C[C@@H](NC1CCCc2ccccc21)c1cccnc1. The fraction of sp³-hybridized carbons (Fsp3) is 0.353. The van der Waals surface area contributed by atoms with Gasteiger partial charge in [-0.3, -0.25) is 4.98 Å². The Labute approximate surface area is 114 Å². The van der Waals surface area contributed by atoms with E-state index < -0.39 is 0 Å². The van der Waals surface area contributed by atoms with Crippen LogP contribution in [0.25, 0.3) is 0 Å². The van der Waals surface area contributed by atoms with Crippen molar-refractivity contribution in [1.82, 2.24) is 10.3 Å². The Morgan fingerprint density at radius 1 is 1.21 bits per heavy atom. The van der Waals surface area contributed by atoms with Crippen LogP contribution in [0, 0.1) is 0 Å². The molecule has 19 heavy (non-hydrogen) atoms. The van der Waals surface area contributed by atoms with E-state index in [0.717, 1.165) is 0 Å². The highest BCUT2D eigenvalue weighted by molar-refractivity contribution is 5.32. The molecule has 2 nitrogen and oxygen atoms in total. The molecule has 0 bridgehead atoms. The predicted molar refractivity (Wildman–Crippen MR) is 77.9 cm³/mol. The van der Waals surface area contributed by atoms with Crippen LogP contribution in [0.1, 0.15) is 48.5 Å². The molecule has 98 valence electrons. The van der Waals surface area contributed by atoms with Crippen LogP contribution in [0.2, 0.25) is 0 Å². The molecule has 1 aromatic heterocycles. The summed E-state index contributed by atoms with van der Waals surface area (Å²) in [6, 6.07) is 13.8. The number of hydrogen-bond donors (Lipinski definition) is 1. The van der Waals surface area contributed by atoms with Crippen molar-refractivity contribution in [3.63, 3.8) is 0 Å². The maximum absolute atomic E-state index is 4.20. The summed E-state index contributed by atoms with van der Waals surface area (Å²) in [4.78, 5) is 4.20. The number of fused-ring (bicyclic) bond motifs is 1. The summed E-state index contributed by atoms with van der Waals surface area (Å²) < 4.78 is 0. The summed E-state index contributed by atoms with van der Waals surface area (Å²) in [6.45, 7) is 2.22. The van der Waals surface area contributed by atoms with E-state index >= 15 is 0 Å². The fourth-order valence-electron chi connectivity index (χ4n) is 2.96. The van der Waals surface area contributed by atoms with E-state index in [0.29, 0.717) is 12.1 Å². The summed E-state index contributed by atoms with van der Waals surface area (Å²) in [5.41, 5.74) is 4.24. The van der Waals surface area contributed by atoms with Crippen LogP contribution in [0.5, 0.6) is 0 Å². The van der Waals surface area contributed by atoms with Gasteiger partial charge in [0.15, 0.2) is 0 Å². The molecule has 1 aliphatic rings. The topological polar surface area (TPSA) is 24.9 Å². The summed E-state index contributed by atoms with van der Waals surface area (Å²) in [6.07, 6.45) is 7.49. The van der Waals surface area contributed by atoms with Gasteiger partial charge in [-0.1, -0.05) is 30.3 Å². The minimum absolute atomic E-state index is 0.338. The van der Waals surface area contributed by atoms with Crippen molar-refractivity contribution in [2.75, 3.05) is 0 Å². The van der Waals surface area contributed by atoms with Crippen molar-refractivity contribution in [2.45, 2.75) is 38.3 Å². The van der Waals surface area contributed by atoms with E-state index in [1.807, 2.05) is 18.5 Å². The minimum atomic E-state index is 0.338. The zero-order chi connectivity index (χ0) is 13.1. The van der Waals surface area contributed by atoms with Crippen molar-refractivity contribution in [3.8, 4) is 0 Å². The Morgan fingerprint density at radius 2 is 2.11 bits per heavy atom. The molecule has 2 aromatic rings. The Morgan fingerprint density at radius 3 is 2.95 bits per heavy atom. The molecule has 1 N–H and O–H groups in total. The van der Waals surface area contributed by atoms with E-state index in [-0.39, 0.29) is 0 Å². The summed E-state index contributed by atoms with van der Waals surface area (Å²) in [5.74, 6) is 0. The van der Waals surface area contributed by atoms with Crippen LogP contribution in [0.4, 0.5) is 0 Å². The second-order valence-corrected chi connectivity index (χ2v) is 5.32. The molecule has 0 fully saturated rings. The Hall–Kier alpha value is -1.67. The van der Waals surface area contributed by atoms with E-state index in [2.05, 4.69) is 47.6 Å². The van der Waals surface area contributed by atoms with Gasteiger partial charge in [0.25, 0.3) is 0 Å². The van der Waals surface area contributed by atoms with Crippen LogP contribution >= 0.6 is 0 Å². The van der Waals surface area contributed by atoms with Gasteiger partial charge in [-0.15, -0.1) is 0 Å². The molecule has 3 rings (SSSR count). The third-order valence-corrected chi connectivity index (χ3v) is 4.01. The van der Waals surface area contributed by atoms with E-state index in [1.165, 1.54) is 36.0 Å². The lowest BCUT2D eigenvalue weighted by Gasteiger charge is -2.29. The fourth-order valence-corrected chi connectivity index (χ4v) is 2.96. The monoisotopic (exact) mass is 252 g/mol. The normalized spacial score (nSPS) is 19.7. The summed E-state index contributed by atoms with van der Waals surface area (Å²) >= 11 is 0. The van der Waals surface area contributed by atoms with Gasteiger partial charge in [0.05, 0.1) is 0 Å². The Bertz CT molecular complexity index is 536. The van der Waals surface area contributed by atoms with E-state index in [1.54, 1.807) is 0 Å². The largest absolute Gasteiger partial charge is 0.303 e. The third-order valence-electron chi connectivity index (χ3n) is 4.01. The molecule has 0 aliphatic heterocycles. The lowest BCUT2D eigenvalue weighted by atomic mass is 9.87. The molecule has 0 amide bonds. The number of rotatable bonds is 3. The molecule has 0 radical (unpaired) electrons. The van der Waals surface area contributed by atoms with Crippen molar-refractivity contribution in [1.29, 1.82) is 0 Å². The molecular formula is C17H20N2. The molecule has 1 heterocycles. The average molecular weight is 252 g/mol. The highest BCUT2D eigenvalue weighted by atomic mass is 14.9. The first-order chi connectivity index (χ1) is 9.34. The maximum atomic E-state index is 4.20. The van der Waals surface area contributed by atoms with E-state index in [4.69, 9.17) is 0 Å². The van der Waals surface area contributed by atoms with Crippen LogP contribution in [0.15, 0.2) is 48.8 Å². The molecule has 0 saturated carbocycles. The van der Waals surface area contributed by atoms with Crippen LogP contribution in [0.3, 0.4) is 0 Å². The third kappa shape index (κ3) is 2.69. The second kappa shape index (κ2) is 5.54. The van der Waals surface area contributed by atoms with Gasteiger partial charge in [0.1, 0.15) is 0 Å². The lowest BCUT2D eigenvalue weighted by Crippen LogP contribution is -2.27. The number of aryl methyl sites for hydroxylation is 1. The van der Waals surface area contributed by atoms with Crippen molar-refractivity contribution in [2.24, 2.45) is 0 Å². The predicted octanol–water partition coefficient (Wildman–Crippen LogP) is 3.81. The highest BCUT2D eigenvalue weighted by Gasteiger charge is 2.21. The molecule has 1 unspecified atom stereocenters. The lowest BCUT2D eigenvalue weighted by molar-refractivity contribution is 0.415. The standard InChI is InChI=1S/C17H20N2/c1-13(15-8-5-11-18-12-15)19-17-10-4-7-14-6-2-3-9-16(14)17/h2-3,5-6,8-9,11-13,17,19H,4,7,10H2,1H3/t13-,17?/m1/s1. The van der Waals surface area contributed by atoms with Crippen molar-refractivity contribution < 1.29 is 0 Å². The minimum Gasteiger partial charge on any atom is -0.303 e. The molecule has 2 atom stereocenters. The van der Waals surface area contributed by atoms with Gasteiger partial charge in [-0.25, -0.2) is 0 Å². The van der Waals surface area contributed by atoms with E-state index in [9.17, 15) is 0 Å². The van der Waals surface area contributed by atoms with Crippen molar-refractivity contribution in [3.05, 3.63) is 65.5 Å². The summed E-state index contributed by atoms with van der Waals surface area (Å²) in [5, 5.41) is 3.75. The van der Waals surface area contributed by atoms with Gasteiger partial charge in [0, 0.05) is 24.5 Å². The van der Waals surface area contributed by atoms with Crippen LogP contribution in [-0.4, -0.2) is 4.98 Å². The first-order valence-corrected chi connectivity index (χ1v) is 7.08. The second-order valence-electron chi connectivity index (χ2n) is 5.32. The zero-order valence-electron chi connectivity index (χ0n) is 11.3. The summed E-state index contributed by atoms with van der Waals surface area (Å²) in [7, 11) is 0. The molecule has 1 aromatic carbocycles. The number of nitrogens with zero attached hydrogens (tertiary/aromatic N) is 1.